The molecule has 3 aromatic rings. The number of aromatic nitrogens is 2. The van der Waals surface area contributed by atoms with Crippen LogP contribution in [0.4, 0.5) is 15.3 Å². The van der Waals surface area contributed by atoms with Gasteiger partial charge in [-0.2, -0.15) is 0 Å². The van der Waals surface area contributed by atoms with Crippen LogP contribution >= 0.6 is 0 Å². The molecule has 1 saturated heterocycles. The van der Waals surface area contributed by atoms with Crippen LogP contribution in [0.5, 0.6) is 0 Å². The summed E-state index contributed by atoms with van der Waals surface area (Å²) in [4.78, 5) is 33.3. The third-order valence-electron chi connectivity index (χ3n) is 6.01. The van der Waals surface area contributed by atoms with Crippen molar-refractivity contribution in [3.8, 4) is 0 Å². The molecule has 0 unspecified atom stereocenters. The second kappa shape index (κ2) is 11.1. The Kier molecular flexibility index (Phi) is 7.74. The minimum absolute atomic E-state index is 0.219. The predicted octanol–water partition coefficient (Wildman–Crippen LogP) is 3.91. The van der Waals surface area contributed by atoms with Crippen LogP contribution in [-0.2, 0) is 29.7 Å². The lowest BCUT2D eigenvalue weighted by Gasteiger charge is -2.35. The molecule has 2 heterocycles. The van der Waals surface area contributed by atoms with Crippen molar-refractivity contribution in [1.82, 2.24) is 19.8 Å². The quantitative estimate of drug-likeness (QED) is 0.553. The first-order chi connectivity index (χ1) is 16.9. The summed E-state index contributed by atoms with van der Waals surface area (Å²) in [6, 6.07) is 15.6. The van der Waals surface area contributed by atoms with E-state index in [9.17, 15) is 9.59 Å². The maximum absolute atomic E-state index is 12.3. The number of fused-ring (bicyclic) bond motifs is 1. The smallest absolute Gasteiger partial charge is 0.409 e. The summed E-state index contributed by atoms with van der Waals surface area (Å²) in [6.45, 7) is 7.56. The van der Waals surface area contributed by atoms with Crippen LogP contribution in [0.3, 0.4) is 0 Å². The van der Waals surface area contributed by atoms with Gasteiger partial charge in [-0.3, -0.25) is 0 Å². The molecule has 35 heavy (non-hydrogen) atoms. The number of anilines is 1. The topological polar surface area (TPSA) is 88.9 Å². The van der Waals surface area contributed by atoms with Gasteiger partial charge in [0.15, 0.2) is 0 Å². The second-order valence-corrected chi connectivity index (χ2v) is 9.09. The number of carbonyl (C=O) groups excluding carboxylic acids is 2. The van der Waals surface area contributed by atoms with E-state index < -0.39 is 6.09 Å². The van der Waals surface area contributed by atoms with Crippen molar-refractivity contribution in [3.05, 3.63) is 59.9 Å². The van der Waals surface area contributed by atoms with E-state index in [4.69, 9.17) is 14.5 Å². The molecule has 186 valence electrons. The number of hydrogen-bond donors (Lipinski definition) is 1. The molecule has 1 aliphatic heterocycles. The monoisotopic (exact) mass is 479 g/mol. The van der Waals surface area contributed by atoms with E-state index in [1.807, 2.05) is 74.0 Å². The van der Waals surface area contributed by atoms with Crippen molar-refractivity contribution in [2.75, 3.05) is 37.7 Å². The molecule has 0 aliphatic carbocycles. The Morgan fingerprint density at radius 2 is 1.74 bits per heavy atom. The summed E-state index contributed by atoms with van der Waals surface area (Å²) in [5, 5.41) is 2.79. The van der Waals surface area contributed by atoms with Gasteiger partial charge in [0.2, 0.25) is 0 Å². The Hall–Kier alpha value is -3.75. The predicted molar refractivity (Wildman–Crippen MR) is 134 cm³/mol. The highest BCUT2D eigenvalue weighted by atomic mass is 16.6. The third kappa shape index (κ3) is 6.03. The fraction of sp³-hybridized carbons (Fsp3) is 0.423. The molecule has 9 nitrogen and oxygen atoms in total. The number of piperazine rings is 1. The number of para-hydroxylation sites is 1. The minimum Gasteiger partial charge on any atom is -0.449 e. The molecule has 1 fully saturated rings. The first-order valence-corrected chi connectivity index (χ1v) is 12.0. The van der Waals surface area contributed by atoms with E-state index in [1.54, 1.807) is 4.90 Å². The van der Waals surface area contributed by atoms with Crippen molar-refractivity contribution in [1.29, 1.82) is 0 Å². The Bertz CT molecular complexity index is 1150. The summed E-state index contributed by atoms with van der Waals surface area (Å²) in [6.07, 6.45) is -0.733. The SMILES string of the molecule is CC(C)COC(=O)N1CCN(c2cccc3c2nc(CNC(=O)OCc2ccccc2)n3C)CC1. The van der Waals surface area contributed by atoms with Crippen LogP contribution in [0.15, 0.2) is 48.5 Å². The minimum atomic E-state index is -0.485. The molecule has 1 aliphatic rings. The molecule has 0 bridgehead atoms. The Balaban J connectivity index is 1.37. The number of carbonyl (C=O) groups is 2. The Morgan fingerprint density at radius 3 is 2.46 bits per heavy atom. The number of nitrogens with one attached hydrogen (secondary N) is 1. The number of alkyl carbamates (subject to hydrolysis) is 1. The van der Waals surface area contributed by atoms with Crippen LogP contribution < -0.4 is 10.2 Å². The Labute approximate surface area is 205 Å². The zero-order valence-electron chi connectivity index (χ0n) is 20.6. The first kappa shape index (κ1) is 24.4. The van der Waals surface area contributed by atoms with Crippen LogP contribution in [0.1, 0.15) is 25.2 Å². The van der Waals surface area contributed by atoms with Crippen molar-refractivity contribution >= 4 is 28.9 Å². The molecule has 0 radical (unpaired) electrons. The molecule has 4 rings (SSSR count). The summed E-state index contributed by atoms with van der Waals surface area (Å²) in [7, 11) is 1.94. The van der Waals surface area contributed by atoms with Gasteiger partial charge in [-0.1, -0.05) is 50.2 Å². The number of imidazole rings is 1. The zero-order chi connectivity index (χ0) is 24.8. The summed E-state index contributed by atoms with van der Waals surface area (Å²) in [5.41, 5.74) is 3.81. The van der Waals surface area contributed by atoms with Gasteiger partial charge >= 0.3 is 12.2 Å². The van der Waals surface area contributed by atoms with Crippen LogP contribution in [0.2, 0.25) is 0 Å². The second-order valence-electron chi connectivity index (χ2n) is 9.09. The maximum Gasteiger partial charge on any atom is 0.409 e. The van der Waals surface area contributed by atoms with Gasteiger partial charge in [-0.05, 0) is 23.6 Å². The van der Waals surface area contributed by atoms with Crippen molar-refractivity contribution < 1.29 is 19.1 Å². The average Bonchev–Trinajstić information content (AvgIpc) is 3.21. The molecular weight excluding hydrogens is 446 g/mol. The number of benzene rings is 2. The molecule has 0 atom stereocenters. The van der Waals surface area contributed by atoms with E-state index in [0.717, 1.165) is 28.1 Å². The lowest BCUT2D eigenvalue weighted by atomic mass is 10.2. The van der Waals surface area contributed by atoms with E-state index in [2.05, 4.69) is 10.2 Å². The number of rotatable bonds is 7. The van der Waals surface area contributed by atoms with Crippen LogP contribution in [0.25, 0.3) is 11.0 Å². The first-order valence-electron chi connectivity index (χ1n) is 12.0. The highest BCUT2D eigenvalue weighted by Crippen LogP contribution is 2.27. The number of ether oxygens (including phenoxy) is 2. The average molecular weight is 480 g/mol. The lowest BCUT2D eigenvalue weighted by molar-refractivity contribution is 0.0901. The van der Waals surface area contributed by atoms with Gasteiger partial charge in [0.1, 0.15) is 17.9 Å². The molecule has 2 aromatic carbocycles. The molecule has 9 heteroatoms. The van der Waals surface area contributed by atoms with Crippen LogP contribution in [0, 0.1) is 5.92 Å². The third-order valence-corrected chi connectivity index (χ3v) is 6.01. The van der Waals surface area contributed by atoms with E-state index in [0.29, 0.717) is 38.7 Å². The fourth-order valence-electron chi connectivity index (χ4n) is 4.05. The van der Waals surface area contributed by atoms with E-state index in [1.165, 1.54) is 0 Å². The molecule has 0 saturated carbocycles. The van der Waals surface area contributed by atoms with Crippen molar-refractivity contribution in [2.24, 2.45) is 13.0 Å². The number of hydrogen-bond acceptors (Lipinski definition) is 6. The van der Waals surface area contributed by atoms with Gasteiger partial charge in [-0.15, -0.1) is 0 Å². The van der Waals surface area contributed by atoms with E-state index in [-0.39, 0.29) is 19.2 Å². The van der Waals surface area contributed by atoms with Gasteiger partial charge in [0.05, 0.1) is 24.4 Å². The summed E-state index contributed by atoms with van der Waals surface area (Å²) >= 11 is 0. The van der Waals surface area contributed by atoms with Crippen molar-refractivity contribution in [2.45, 2.75) is 27.0 Å². The van der Waals surface area contributed by atoms with E-state index >= 15 is 0 Å². The normalized spacial score (nSPS) is 13.8. The molecule has 1 aromatic heterocycles. The van der Waals surface area contributed by atoms with Crippen molar-refractivity contribution in [3.63, 3.8) is 0 Å². The highest BCUT2D eigenvalue weighted by Gasteiger charge is 2.24. The number of aryl methyl sites for hydroxylation is 1. The largest absolute Gasteiger partial charge is 0.449 e. The molecule has 0 spiro atoms. The number of amides is 2. The highest BCUT2D eigenvalue weighted by molar-refractivity contribution is 5.89. The molecule has 1 N–H and O–H groups in total. The molecular formula is C26H33N5O4. The summed E-state index contributed by atoms with van der Waals surface area (Å²) in [5.74, 6) is 1.05. The molecule has 2 amide bonds. The van der Waals surface area contributed by atoms with Gasteiger partial charge < -0.3 is 29.2 Å². The van der Waals surface area contributed by atoms with Gasteiger partial charge in [0, 0.05) is 33.2 Å². The fourth-order valence-corrected chi connectivity index (χ4v) is 4.05. The number of nitrogens with zero attached hydrogens (tertiary/aromatic N) is 4. The van der Waals surface area contributed by atoms with Gasteiger partial charge in [-0.25, -0.2) is 14.6 Å². The Morgan fingerprint density at radius 1 is 1.00 bits per heavy atom. The summed E-state index contributed by atoms with van der Waals surface area (Å²) < 4.78 is 12.7. The van der Waals surface area contributed by atoms with Gasteiger partial charge in [0.25, 0.3) is 0 Å². The van der Waals surface area contributed by atoms with Crippen LogP contribution in [-0.4, -0.2) is 59.4 Å². The lowest BCUT2D eigenvalue weighted by Crippen LogP contribution is -2.49. The standard InChI is InChI=1S/C26H33N5O4/c1-19(2)17-35-26(33)31-14-12-30(13-15-31)22-11-7-10-21-24(22)28-23(29(21)3)16-27-25(32)34-18-20-8-5-4-6-9-20/h4-11,19H,12-18H2,1-3H3,(H,27,32). The maximum atomic E-state index is 12.3. The zero-order valence-corrected chi connectivity index (χ0v) is 20.6.